The number of rotatable bonds is 5. The molecule has 0 aromatic heterocycles. The van der Waals surface area contributed by atoms with Crippen molar-refractivity contribution in [3.63, 3.8) is 0 Å². The first kappa shape index (κ1) is 18.0. The summed E-state index contributed by atoms with van der Waals surface area (Å²) in [5, 5.41) is 0. The van der Waals surface area contributed by atoms with Crippen LogP contribution in [0, 0.1) is 0 Å². The van der Waals surface area contributed by atoms with Crippen LogP contribution in [0.1, 0.15) is 27.7 Å². The van der Waals surface area contributed by atoms with Gasteiger partial charge in [-0.25, -0.2) is 0 Å². The molecule has 1 fully saturated rings. The zero-order valence-corrected chi connectivity index (χ0v) is 15.5. The molecule has 3 rings (SSSR count). The van der Waals surface area contributed by atoms with Crippen LogP contribution in [0.5, 0.6) is 5.75 Å². The van der Waals surface area contributed by atoms with E-state index in [1.54, 1.807) is 7.11 Å². The summed E-state index contributed by atoms with van der Waals surface area (Å²) in [4.78, 5) is 0. The number of benzene rings is 2. The van der Waals surface area contributed by atoms with Crippen molar-refractivity contribution < 1.29 is 18.8 Å². The van der Waals surface area contributed by atoms with E-state index in [1.165, 1.54) is 0 Å². The lowest BCUT2D eigenvalue weighted by Gasteiger charge is -2.32. The molecule has 1 aliphatic heterocycles. The van der Waals surface area contributed by atoms with Crippen molar-refractivity contribution in [2.45, 2.75) is 38.9 Å². The smallest absolute Gasteiger partial charge is 0.468 e. The Bertz CT molecular complexity index is 712. The zero-order valence-electron chi connectivity index (χ0n) is 15.5. The van der Waals surface area contributed by atoms with Crippen molar-refractivity contribution in [2.75, 3.05) is 13.9 Å². The highest BCUT2D eigenvalue weighted by atomic mass is 16.7. The lowest BCUT2D eigenvalue weighted by atomic mass is 9.77. The molecule has 2 aromatic carbocycles. The first-order valence-corrected chi connectivity index (χ1v) is 8.50. The Kier molecular flexibility index (Phi) is 4.91. The van der Waals surface area contributed by atoms with Gasteiger partial charge in [0.15, 0.2) is 6.79 Å². The highest BCUT2D eigenvalue weighted by Gasteiger charge is 2.51. The van der Waals surface area contributed by atoms with Gasteiger partial charge >= 0.3 is 7.12 Å². The summed E-state index contributed by atoms with van der Waals surface area (Å²) in [6.07, 6.45) is 0. The maximum atomic E-state index is 6.19. The van der Waals surface area contributed by atoms with Crippen LogP contribution in [-0.2, 0) is 14.0 Å². The molecule has 5 heteroatoms. The molecule has 0 bridgehead atoms. The van der Waals surface area contributed by atoms with E-state index in [1.807, 2.05) is 30.3 Å². The SMILES string of the molecule is COCOc1cc(B2OC(C)(C)C(C)(C)O2)cc(-c2ccccc2)c1. The summed E-state index contributed by atoms with van der Waals surface area (Å²) in [7, 11) is 1.18. The Morgan fingerprint density at radius 3 is 2.12 bits per heavy atom. The molecule has 0 radical (unpaired) electrons. The molecule has 0 atom stereocenters. The van der Waals surface area contributed by atoms with E-state index in [9.17, 15) is 0 Å². The van der Waals surface area contributed by atoms with Gasteiger partial charge in [0.1, 0.15) is 5.75 Å². The van der Waals surface area contributed by atoms with Gasteiger partial charge < -0.3 is 18.8 Å². The second-order valence-electron chi connectivity index (χ2n) is 7.30. The minimum absolute atomic E-state index is 0.195. The number of hydrogen-bond acceptors (Lipinski definition) is 4. The third kappa shape index (κ3) is 3.74. The van der Waals surface area contributed by atoms with Crippen molar-refractivity contribution in [1.82, 2.24) is 0 Å². The standard InChI is InChI=1S/C20H25BO4/c1-19(2)20(3,4)25-21(24-19)17-11-16(15-9-7-6-8-10-15)12-18(13-17)23-14-22-5/h6-13H,14H2,1-5H3. The van der Waals surface area contributed by atoms with Gasteiger partial charge in [0.25, 0.3) is 0 Å². The fraction of sp³-hybridized carbons (Fsp3) is 0.400. The van der Waals surface area contributed by atoms with E-state index in [0.717, 1.165) is 22.3 Å². The van der Waals surface area contributed by atoms with E-state index in [-0.39, 0.29) is 18.0 Å². The molecule has 0 unspecified atom stereocenters. The van der Waals surface area contributed by atoms with Crippen molar-refractivity contribution in [2.24, 2.45) is 0 Å². The van der Waals surface area contributed by atoms with Gasteiger partial charge in [0.2, 0.25) is 0 Å². The minimum Gasteiger partial charge on any atom is -0.468 e. The third-order valence-corrected chi connectivity index (χ3v) is 4.90. The molecule has 2 aromatic rings. The Labute approximate surface area is 150 Å². The summed E-state index contributed by atoms with van der Waals surface area (Å²) in [5.74, 6) is 0.730. The molecule has 0 spiro atoms. The second kappa shape index (κ2) is 6.83. The number of ether oxygens (including phenoxy) is 2. The molecule has 25 heavy (non-hydrogen) atoms. The lowest BCUT2D eigenvalue weighted by molar-refractivity contribution is 0.00578. The fourth-order valence-electron chi connectivity index (χ4n) is 2.74. The van der Waals surface area contributed by atoms with Crippen LogP contribution in [0.4, 0.5) is 0 Å². The molecular formula is C20H25BO4. The number of hydrogen-bond donors (Lipinski definition) is 0. The average Bonchev–Trinajstić information content (AvgIpc) is 2.81. The zero-order chi connectivity index (χ0) is 18.1. The normalized spacial score (nSPS) is 18.4. The minimum atomic E-state index is -0.432. The molecule has 132 valence electrons. The van der Waals surface area contributed by atoms with Crippen LogP contribution in [0.2, 0.25) is 0 Å². The van der Waals surface area contributed by atoms with Crippen LogP contribution in [0.3, 0.4) is 0 Å². The van der Waals surface area contributed by atoms with Crippen molar-refractivity contribution in [3.8, 4) is 16.9 Å². The molecule has 0 amide bonds. The molecule has 1 heterocycles. The first-order chi connectivity index (χ1) is 11.8. The average molecular weight is 340 g/mol. The van der Waals surface area contributed by atoms with Gasteiger partial charge in [0.05, 0.1) is 11.2 Å². The summed E-state index contributed by atoms with van der Waals surface area (Å²) in [6, 6.07) is 16.2. The molecule has 1 aliphatic rings. The van der Waals surface area contributed by atoms with Crippen LogP contribution in [0.15, 0.2) is 48.5 Å². The van der Waals surface area contributed by atoms with E-state index in [4.69, 9.17) is 18.8 Å². The lowest BCUT2D eigenvalue weighted by Crippen LogP contribution is -2.41. The number of methoxy groups -OCH3 is 1. The van der Waals surface area contributed by atoms with E-state index >= 15 is 0 Å². The second-order valence-corrected chi connectivity index (χ2v) is 7.30. The quantitative estimate of drug-likeness (QED) is 0.615. The maximum Gasteiger partial charge on any atom is 0.494 e. The van der Waals surface area contributed by atoms with Crippen LogP contribution < -0.4 is 10.2 Å². The first-order valence-electron chi connectivity index (χ1n) is 8.50. The Balaban J connectivity index is 1.99. The van der Waals surface area contributed by atoms with Gasteiger partial charge in [-0.15, -0.1) is 0 Å². The van der Waals surface area contributed by atoms with Crippen LogP contribution in [-0.4, -0.2) is 32.2 Å². The predicted molar refractivity (Wildman–Crippen MR) is 100 cm³/mol. The van der Waals surface area contributed by atoms with E-state index < -0.39 is 7.12 Å². The largest absolute Gasteiger partial charge is 0.494 e. The van der Waals surface area contributed by atoms with Gasteiger partial charge in [-0.1, -0.05) is 36.4 Å². The highest BCUT2D eigenvalue weighted by molar-refractivity contribution is 6.62. The molecule has 0 aliphatic carbocycles. The third-order valence-electron chi connectivity index (χ3n) is 4.90. The summed E-state index contributed by atoms with van der Waals surface area (Å²) < 4.78 is 23.1. The van der Waals surface area contributed by atoms with Crippen LogP contribution in [0.25, 0.3) is 11.1 Å². The molecular weight excluding hydrogens is 315 g/mol. The maximum absolute atomic E-state index is 6.19. The Morgan fingerprint density at radius 1 is 0.880 bits per heavy atom. The van der Waals surface area contributed by atoms with Crippen LogP contribution >= 0.6 is 0 Å². The summed E-state index contributed by atoms with van der Waals surface area (Å²) in [5.41, 5.74) is 2.34. The molecule has 1 saturated heterocycles. The van der Waals surface area contributed by atoms with Crippen molar-refractivity contribution >= 4 is 12.6 Å². The molecule has 0 saturated carbocycles. The van der Waals surface area contributed by atoms with Crippen molar-refractivity contribution in [3.05, 3.63) is 48.5 Å². The van der Waals surface area contributed by atoms with E-state index in [0.29, 0.717) is 0 Å². The summed E-state index contributed by atoms with van der Waals surface area (Å²) >= 11 is 0. The van der Waals surface area contributed by atoms with Crippen molar-refractivity contribution in [1.29, 1.82) is 0 Å². The molecule has 4 nitrogen and oxygen atoms in total. The van der Waals surface area contributed by atoms with Gasteiger partial charge in [-0.2, -0.15) is 0 Å². The van der Waals surface area contributed by atoms with E-state index in [2.05, 4.69) is 45.9 Å². The highest BCUT2D eigenvalue weighted by Crippen LogP contribution is 2.37. The monoisotopic (exact) mass is 340 g/mol. The topological polar surface area (TPSA) is 36.9 Å². The Morgan fingerprint density at radius 2 is 1.52 bits per heavy atom. The van der Waals surface area contributed by atoms with Gasteiger partial charge in [-0.05, 0) is 56.4 Å². The van der Waals surface area contributed by atoms with Gasteiger partial charge in [0, 0.05) is 7.11 Å². The predicted octanol–water partition coefficient (Wildman–Crippen LogP) is 3.64. The molecule has 0 N–H and O–H groups in total. The Hall–Kier alpha value is -1.82. The summed E-state index contributed by atoms with van der Waals surface area (Å²) in [6.45, 7) is 8.40. The van der Waals surface area contributed by atoms with Gasteiger partial charge in [-0.3, -0.25) is 0 Å². The fourth-order valence-corrected chi connectivity index (χ4v) is 2.74.